The summed E-state index contributed by atoms with van der Waals surface area (Å²) in [6, 6.07) is 5.87. The summed E-state index contributed by atoms with van der Waals surface area (Å²) in [5.74, 6) is 0.0953. The maximum atomic E-state index is 12.2. The minimum atomic E-state index is 0. The molecule has 0 unspecified atom stereocenters. The topological polar surface area (TPSA) is 46.3 Å². The molecule has 0 aliphatic carbocycles. The third-order valence-corrected chi connectivity index (χ3v) is 3.42. The fraction of sp³-hybridized carbons (Fsp3) is 0.417. The van der Waals surface area contributed by atoms with Crippen LogP contribution in [0.1, 0.15) is 22.3 Å². The van der Waals surface area contributed by atoms with Crippen LogP contribution in [0.15, 0.2) is 22.7 Å². The molecule has 94 valence electrons. The summed E-state index contributed by atoms with van der Waals surface area (Å²) in [6.45, 7) is 3.40. The van der Waals surface area contributed by atoms with Gasteiger partial charge < -0.3 is 10.6 Å². The average molecular weight is 320 g/mol. The highest BCUT2D eigenvalue weighted by Crippen LogP contribution is 2.19. The van der Waals surface area contributed by atoms with Gasteiger partial charge in [-0.05, 0) is 37.1 Å². The molecule has 1 aromatic rings. The number of likely N-dealkylation sites (tertiary alicyclic amines) is 1. The number of amides is 1. The predicted octanol–water partition coefficient (Wildman–Crippen LogP) is 2.35. The first kappa shape index (κ1) is 14.5. The van der Waals surface area contributed by atoms with Gasteiger partial charge in [0.2, 0.25) is 0 Å². The molecule has 5 heteroatoms. The molecule has 0 saturated carbocycles. The van der Waals surface area contributed by atoms with E-state index in [0.29, 0.717) is 6.54 Å². The lowest BCUT2D eigenvalue weighted by Gasteiger charge is -2.17. The second-order valence-electron chi connectivity index (χ2n) is 4.26. The molecule has 3 nitrogen and oxygen atoms in total. The molecular formula is C12H16BrClN2O. The fourth-order valence-electron chi connectivity index (χ4n) is 2.01. The molecule has 0 radical (unpaired) electrons. The smallest absolute Gasteiger partial charge is 0.254 e. The number of nitrogens with two attached hydrogens (primary N) is 1. The van der Waals surface area contributed by atoms with Crippen LogP contribution in [0.5, 0.6) is 0 Å². The highest BCUT2D eigenvalue weighted by atomic mass is 79.9. The SMILES string of the molecule is Cc1cc(Br)ccc1C(=O)N1CC[C@@H](N)C1.Cl. The maximum absolute atomic E-state index is 12.2. The van der Waals surface area contributed by atoms with E-state index in [1.165, 1.54) is 0 Å². The molecule has 1 fully saturated rings. The van der Waals surface area contributed by atoms with Crippen molar-refractivity contribution < 1.29 is 4.79 Å². The number of halogens is 2. The van der Waals surface area contributed by atoms with Crippen molar-refractivity contribution in [3.05, 3.63) is 33.8 Å². The Morgan fingerprint density at radius 1 is 1.53 bits per heavy atom. The molecule has 2 rings (SSSR count). The number of hydrogen-bond donors (Lipinski definition) is 1. The molecule has 2 N–H and O–H groups in total. The first-order valence-corrected chi connectivity index (χ1v) is 6.18. The molecule has 1 atom stereocenters. The zero-order valence-corrected chi connectivity index (χ0v) is 12.1. The van der Waals surface area contributed by atoms with E-state index in [1.54, 1.807) is 0 Å². The normalized spacial score (nSPS) is 19.0. The summed E-state index contributed by atoms with van der Waals surface area (Å²) >= 11 is 3.39. The monoisotopic (exact) mass is 318 g/mol. The zero-order chi connectivity index (χ0) is 11.7. The van der Waals surface area contributed by atoms with Crippen molar-refractivity contribution in [2.45, 2.75) is 19.4 Å². The highest BCUT2D eigenvalue weighted by Gasteiger charge is 2.25. The van der Waals surface area contributed by atoms with Gasteiger partial charge in [-0.15, -0.1) is 12.4 Å². The lowest BCUT2D eigenvalue weighted by molar-refractivity contribution is 0.0790. The van der Waals surface area contributed by atoms with Crippen molar-refractivity contribution in [1.82, 2.24) is 4.90 Å². The summed E-state index contributed by atoms with van der Waals surface area (Å²) < 4.78 is 1.000. The van der Waals surface area contributed by atoms with Crippen LogP contribution in [0.25, 0.3) is 0 Å². The van der Waals surface area contributed by atoms with Gasteiger partial charge in [-0.25, -0.2) is 0 Å². The molecular weight excluding hydrogens is 304 g/mol. The van der Waals surface area contributed by atoms with Crippen molar-refractivity contribution in [3.8, 4) is 0 Å². The Hall–Kier alpha value is -0.580. The van der Waals surface area contributed by atoms with Gasteiger partial charge >= 0.3 is 0 Å². The van der Waals surface area contributed by atoms with Crippen molar-refractivity contribution in [3.63, 3.8) is 0 Å². The van der Waals surface area contributed by atoms with Gasteiger partial charge in [-0.2, -0.15) is 0 Å². The Balaban J connectivity index is 0.00000144. The van der Waals surface area contributed by atoms with Gasteiger partial charge in [0.05, 0.1) is 0 Å². The van der Waals surface area contributed by atoms with E-state index < -0.39 is 0 Å². The van der Waals surface area contributed by atoms with Crippen LogP contribution in [0.4, 0.5) is 0 Å². The molecule has 1 amide bonds. The summed E-state index contributed by atoms with van der Waals surface area (Å²) in [5, 5.41) is 0. The van der Waals surface area contributed by atoms with Gasteiger partial charge in [0.1, 0.15) is 0 Å². The molecule has 1 aliphatic heterocycles. The fourth-order valence-corrected chi connectivity index (χ4v) is 2.48. The molecule has 0 spiro atoms. The summed E-state index contributed by atoms with van der Waals surface area (Å²) in [5.41, 5.74) is 7.58. The van der Waals surface area contributed by atoms with Crippen LogP contribution in [0.3, 0.4) is 0 Å². The van der Waals surface area contributed by atoms with Gasteiger partial charge in [0, 0.05) is 29.2 Å². The highest BCUT2D eigenvalue weighted by molar-refractivity contribution is 9.10. The zero-order valence-electron chi connectivity index (χ0n) is 9.65. The Morgan fingerprint density at radius 2 is 2.24 bits per heavy atom. The first-order valence-electron chi connectivity index (χ1n) is 5.39. The summed E-state index contributed by atoms with van der Waals surface area (Å²) in [4.78, 5) is 14.0. The van der Waals surface area contributed by atoms with Crippen LogP contribution < -0.4 is 5.73 Å². The Labute approximate surface area is 116 Å². The van der Waals surface area contributed by atoms with E-state index in [4.69, 9.17) is 5.73 Å². The number of aryl methyl sites for hydroxylation is 1. The van der Waals surface area contributed by atoms with Gasteiger partial charge in [0.15, 0.2) is 0 Å². The standard InChI is InChI=1S/C12H15BrN2O.ClH/c1-8-6-9(13)2-3-11(8)12(16)15-5-4-10(14)7-15;/h2-3,6,10H,4-5,7,14H2,1H3;1H/t10-;/m1./s1. The molecule has 17 heavy (non-hydrogen) atoms. The second-order valence-corrected chi connectivity index (χ2v) is 5.17. The van der Waals surface area contributed by atoms with Gasteiger partial charge in [-0.1, -0.05) is 15.9 Å². The summed E-state index contributed by atoms with van der Waals surface area (Å²) in [7, 11) is 0. The molecule has 0 aromatic heterocycles. The lowest BCUT2D eigenvalue weighted by Crippen LogP contribution is -2.32. The maximum Gasteiger partial charge on any atom is 0.254 e. The van der Waals surface area contributed by atoms with Crippen LogP contribution in [0.2, 0.25) is 0 Å². The Morgan fingerprint density at radius 3 is 2.76 bits per heavy atom. The van der Waals surface area contributed by atoms with Crippen LogP contribution in [0, 0.1) is 6.92 Å². The largest absolute Gasteiger partial charge is 0.337 e. The lowest BCUT2D eigenvalue weighted by atomic mass is 10.1. The number of benzene rings is 1. The van der Waals surface area contributed by atoms with Crippen LogP contribution >= 0.6 is 28.3 Å². The number of hydrogen-bond acceptors (Lipinski definition) is 2. The quantitative estimate of drug-likeness (QED) is 0.863. The van der Waals surface area contributed by atoms with Crippen LogP contribution in [-0.2, 0) is 0 Å². The van der Waals surface area contributed by atoms with Gasteiger partial charge in [-0.3, -0.25) is 4.79 Å². The first-order chi connectivity index (χ1) is 7.58. The predicted molar refractivity (Wildman–Crippen MR) is 74.6 cm³/mol. The van der Waals surface area contributed by atoms with Crippen molar-refractivity contribution in [2.75, 3.05) is 13.1 Å². The van der Waals surface area contributed by atoms with E-state index in [2.05, 4.69) is 15.9 Å². The van der Waals surface area contributed by atoms with Crippen molar-refractivity contribution >= 4 is 34.2 Å². The molecule has 1 aliphatic rings. The van der Waals surface area contributed by atoms with Crippen molar-refractivity contribution in [1.29, 1.82) is 0 Å². The second kappa shape index (κ2) is 5.85. The minimum Gasteiger partial charge on any atom is -0.337 e. The van der Waals surface area contributed by atoms with Crippen molar-refractivity contribution in [2.24, 2.45) is 5.73 Å². The minimum absolute atomic E-state index is 0. The van der Waals surface area contributed by atoms with E-state index in [-0.39, 0.29) is 24.4 Å². The number of carbonyl (C=O) groups is 1. The summed E-state index contributed by atoms with van der Waals surface area (Å²) in [6.07, 6.45) is 0.904. The number of nitrogens with zero attached hydrogens (tertiary/aromatic N) is 1. The third-order valence-electron chi connectivity index (χ3n) is 2.93. The Bertz CT molecular complexity index is 425. The molecule has 0 bridgehead atoms. The average Bonchev–Trinajstić information content (AvgIpc) is 2.64. The van der Waals surface area contributed by atoms with E-state index in [9.17, 15) is 4.79 Å². The number of rotatable bonds is 1. The van der Waals surface area contributed by atoms with Gasteiger partial charge in [0.25, 0.3) is 5.91 Å². The van der Waals surface area contributed by atoms with E-state index >= 15 is 0 Å². The Kier molecular flexibility index (Phi) is 4.98. The van der Waals surface area contributed by atoms with Crippen LogP contribution in [-0.4, -0.2) is 29.9 Å². The van der Waals surface area contributed by atoms with E-state index in [1.807, 2.05) is 30.0 Å². The molecule has 1 aromatic carbocycles. The number of carbonyl (C=O) groups excluding carboxylic acids is 1. The van der Waals surface area contributed by atoms with E-state index in [0.717, 1.165) is 28.6 Å². The third kappa shape index (κ3) is 3.21. The molecule has 1 saturated heterocycles. The molecule has 1 heterocycles.